The summed E-state index contributed by atoms with van der Waals surface area (Å²) in [5.41, 5.74) is 0.382. The van der Waals surface area contributed by atoms with E-state index in [4.69, 9.17) is 28.4 Å². The van der Waals surface area contributed by atoms with Crippen molar-refractivity contribution in [3.05, 3.63) is 12.2 Å². The summed E-state index contributed by atoms with van der Waals surface area (Å²) in [5, 5.41) is 0. The van der Waals surface area contributed by atoms with E-state index in [-0.39, 0.29) is 6.61 Å². The molecule has 0 radical (unpaired) electrons. The minimum absolute atomic E-state index is 0.218. The second-order valence-electron chi connectivity index (χ2n) is 5.78. The molecule has 0 spiro atoms. The number of ether oxygens (including phenoxy) is 6. The van der Waals surface area contributed by atoms with Crippen LogP contribution in [0.4, 0.5) is 0 Å². The van der Waals surface area contributed by atoms with Crippen molar-refractivity contribution in [2.75, 3.05) is 93.3 Å². The summed E-state index contributed by atoms with van der Waals surface area (Å²) in [4.78, 5) is 13.2. The van der Waals surface area contributed by atoms with Crippen LogP contribution in [-0.2, 0) is 33.2 Å². The van der Waals surface area contributed by atoms with E-state index in [1.807, 2.05) is 14.1 Å². The summed E-state index contributed by atoms with van der Waals surface area (Å²) in [7, 11) is 4.02. The van der Waals surface area contributed by atoms with E-state index < -0.39 is 5.97 Å². The van der Waals surface area contributed by atoms with Crippen molar-refractivity contribution in [1.29, 1.82) is 0 Å². The average molecular weight is 377 g/mol. The molecule has 0 fully saturated rings. The molecule has 0 saturated heterocycles. The maximum Gasteiger partial charge on any atom is 0.333 e. The molecule has 0 aromatic rings. The SMILES string of the molecule is C=C(C)C(=O)OCCOCCOCCOCCOCCOCCN(C)C. The van der Waals surface area contributed by atoms with E-state index in [9.17, 15) is 4.79 Å². The maximum absolute atomic E-state index is 11.1. The van der Waals surface area contributed by atoms with Crippen LogP contribution < -0.4 is 0 Å². The van der Waals surface area contributed by atoms with Gasteiger partial charge in [0, 0.05) is 12.1 Å². The van der Waals surface area contributed by atoms with E-state index in [2.05, 4.69) is 11.5 Å². The van der Waals surface area contributed by atoms with Gasteiger partial charge in [0.1, 0.15) is 6.61 Å². The zero-order valence-electron chi connectivity index (χ0n) is 16.5. The first-order valence-corrected chi connectivity index (χ1v) is 8.90. The number of likely N-dealkylation sites (N-methyl/N-ethyl adjacent to an activating group) is 1. The van der Waals surface area contributed by atoms with Crippen molar-refractivity contribution in [2.24, 2.45) is 0 Å². The molecule has 0 N–H and O–H groups in total. The van der Waals surface area contributed by atoms with Crippen LogP contribution in [0.3, 0.4) is 0 Å². The van der Waals surface area contributed by atoms with Crippen LogP contribution in [0.2, 0.25) is 0 Å². The standard InChI is InChI=1S/C18H35NO7/c1-17(2)18(20)26-16-15-25-14-13-24-12-11-23-10-9-22-8-7-21-6-5-19(3)4/h1,5-16H2,2-4H3. The van der Waals surface area contributed by atoms with Crippen molar-refractivity contribution < 1.29 is 33.2 Å². The molecule has 154 valence electrons. The first-order valence-electron chi connectivity index (χ1n) is 8.90. The first-order chi connectivity index (χ1) is 12.5. The number of nitrogens with zero attached hydrogens (tertiary/aromatic N) is 1. The Balaban J connectivity index is 3.07. The number of carbonyl (C=O) groups is 1. The molecule has 0 unspecified atom stereocenters. The second kappa shape index (κ2) is 18.8. The number of esters is 1. The van der Waals surface area contributed by atoms with Crippen LogP contribution in [0.15, 0.2) is 12.2 Å². The highest BCUT2D eigenvalue weighted by Crippen LogP contribution is 1.91. The van der Waals surface area contributed by atoms with Gasteiger partial charge in [0.25, 0.3) is 0 Å². The third kappa shape index (κ3) is 19.3. The summed E-state index contributed by atoms with van der Waals surface area (Å²) in [6.45, 7) is 11.5. The van der Waals surface area contributed by atoms with Crippen molar-refractivity contribution >= 4 is 5.97 Å². The molecule has 0 saturated carbocycles. The van der Waals surface area contributed by atoms with Gasteiger partial charge < -0.3 is 33.3 Å². The lowest BCUT2D eigenvalue weighted by molar-refractivity contribution is -0.140. The largest absolute Gasteiger partial charge is 0.460 e. The number of carbonyl (C=O) groups excluding carboxylic acids is 1. The molecule has 8 heteroatoms. The Morgan fingerprint density at radius 3 is 1.38 bits per heavy atom. The van der Waals surface area contributed by atoms with E-state index >= 15 is 0 Å². The zero-order chi connectivity index (χ0) is 19.5. The summed E-state index contributed by atoms with van der Waals surface area (Å²) >= 11 is 0. The van der Waals surface area contributed by atoms with Gasteiger partial charge in [-0.3, -0.25) is 0 Å². The van der Waals surface area contributed by atoms with Gasteiger partial charge in [-0.25, -0.2) is 4.79 Å². The van der Waals surface area contributed by atoms with Crippen LogP contribution in [0, 0.1) is 0 Å². The predicted molar refractivity (Wildman–Crippen MR) is 98.4 cm³/mol. The van der Waals surface area contributed by atoms with E-state index in [0.717, 1.165) is 6.54 Å². The first kappa shape index (κ1) is 25.0. The molecule has 0 amide bonds. The van der Waals surface area contributed by atoms with Crippen molar-refractivity contribution in [3.8, 4) is 0 Å². The Bertz CT molecular complexity index is 350. The van der Waals surface area contributed by atoms with Crippen molar-refractivity contribution in [3.63, 3.8) is 0 Å². The lowest BCUT2D eigenvalue weighted by Gasteiger charge is -2.10. The minimum Gasteiger partial charge on any atom is -0.460 e. The van der Waals surface area contributed by atoms with Crippen molar-refractivity contribution in [1.82, 2.24) is 4.90 Å². The predicted octanol–water partition coefficient (Wildman–Crippen LogP) is 0.750. The van der Waals surface area contributed by atoms with Gasteiger partial charge in [-0.15, -0.1) is 0 Å². The molecule has 0 aromatic carbocycles. The van der Waals surface area contributed by atoms with Gasteiger partial charge in [-0.1, -0.05) is 6.58 Å². The van der Waals surface area contributed by atoms with E-state index in [1.54, 1.807) is 6.92 Å². The zero-order valence-corrected chi connectivity index (χ0v) is 16.5. The average Bonchev–Trinajstić information content (AvgIpc) is 2.60. The fourth-order valence-corrected chi connectivity index (χ4v) is 1.55. The molecule has 26 heavy (non-hydrogen) atoms. The van der Waals surface area contributed by atoms with Crippen LogP contribution in [0.1, 0.15) is 6.92 Å². The lowest BCUT2D eigenvalue weighted by atomic mass is 10.4. The smallest absolute Gasteiger partial charge is 0.333 e. The molecule has 8 nitrogen and oxygen atoms in total. The Kier molecular flexibility index (Phi) is 18.0. The summed E-state index contributed by atoms with van der Waals surface area (Å²) in [6, 6.07) is 0. The van der Waals surface area contributed by atoms with E-state index in [0.29, 0.717) is 71.6 Å². The number of hydrogen-bond donors (Lipinski definition) is 0. The van der Waals surface area contributed by atoms with Crippen LogP contribution in [-0.4, -0.2) is 104 Å². The van der Waals surface area contributed by atoms with Crippen LogP contribution >= 0.6 is 0 Å². The third-order valence-electron chi connectivity index (χ3n) is 2.98. The molecule has 0 bridgehead atoms. The molecular formula is C18H35NO7. The normalized spacial score (nSPS) is 11.1. The van der Waals surface area contributed by atoms with Crippen LogP contribution in [0.5, 0.6) is 0 Å². The third-order valence-corrected chi connectivity index (χ3v) is 2.98. The molecule has 0 aromatic heterocycles. The van der Waals surface area contributed by atoms with Gasteiger partial charge in [-0.05, 0) is 21.0 Å². The maximum atomic E-state index is 11.1. The van der Waals surface area contributed by atoms with Gasteiger partial charge in [0.15, 0.2) is 0 Å². The highest BCUT2D eigenvalue weighted by Gasteiger charge is 2.01. The summed E-state index contributed by atoms with van der Waals surface area (Å²) < 4.78 is 31.7. The Labute approximate surface area is 157 Å². The minimum atomic E-state index is -0.400. The number of hydrogen-bond acceptors (Lipinski definition) is 8. The molecule has 0 aliphatic heterocycles. The quantitative estimate of drug-likeness (QED) is 0.185. The summed E-state index contributed by atoms with van der Waals surface area (Å²) in [6.07, 6.45) is 0. The Hall–Kier alpha value is -1.03. The molecule has 0 rings (SSSR count). The Morgan fingerprint density at radius 1 is 0.692 bits per heavy atom. The van der Waals surface area contributed by atoms with Gasteiger partial charge in [0.2, 0.25) is 0 Å². The monoisotopic (exact) mass is 377 g/mol. The fraction of sp³-hybridized carbons (Fsp3) is 0.833. The van der Waals surface area contributed by atoms with Crippen molar-refractivity contribution in [2.45, 2.75) is 6.92 Å². The Morgan fingerprint density at radius 2 is 1.04 bits per heavy atom. The topological polar surface area (TPSA) is 75.7 Å². The number of rotatable bonds is 19. The van der Waals surface area contributed by atoms with Gasteiger partial charge in [0.05, 0.1) is 66.1 Å². The second-order valence-corrected chi connectivity index (χ2v) is 5.78. The molecule has 0 atom stereocenters. The van der Waals surface area contributed by atoms with E-state index in [1.165, 1.54) is 0 Å². The molecule has 0 aliphatic rings. The van der Waals surface area contributed by atoms with Crippen LogP contribution in [0.25, 0.3) is 0 Å². The lowest BCUT2D eigenvalue weighted by Crippen LogP contribution is -2.19. The van der Waals surface area contributed by atoms with Gasteiger partial charge in [-0.2, -0.15) is 0 Å². The van der Waals surface area contributed by atoms with Gasteiger partial charge >= 0.3 is 5.97 Å². The summed E-state index contributed by atoms with van der Waals surface area (Å²) in [5.74, 6) is -0.400. The highest BCUT2D eigenvalue weighted by atomic mass is 16.6. The fourth-order valence-electron chi connectivity index (χ4n) is 1.55. The molecular weight excluding hydrogens is 342 g/mol. The molecule has 0 aliphatic carbocycles. The highest BCUT2D eigenvalue weighted by molar-refractivity contribution is 5.86. The molecule has 0 heterocycles.